The summed E-state index contributed by atoms with van der Waals surface area (Å²) < 4.78 is 27.2. The quantitative estimate of drug-likeness (QED) is 0.647. The van der Waals surface area contributed by atoms with Gasteiger partial charge >= 0.3 is 7.12 Å². The Morgan fingerprint density at radius 3 is 2.41 bits per heavy atom. The van der Waals surface area contributed by atoms with Crippen LogP contribution in [0.5, 0.6) is 0 Å². The van der Waals surface area contributed by atoms with Crippen molar-refractivity contribution in [1.82, 2.24) is 0 Å². The summed E-state index contributed by atoms with van der Waals surface area (Å²) in [6.45, 7) is 7.64. The van der Waals surface area contributed by atoms with E-state index in [1.54, 1.807) is 6.08 Å². The summed E-state index contributed by atoms with van der Waals surface area (Å²) in [5.41, 5.74) is -0.408. The Bertz CT molecular complexity index is 613. The molecule has 22 heavy (non-hydrogen) atoms. The van der Waals surface area contributed by atoms with Crippen LogP contribution in [-0.4, -0.2) is 18.3 Å². The molecule has 2 atom stereocenters. The van der Waals surface area contributed by atoms with Crippen molar-refractivity contribution in [2.24, 2.45) is 5.92 Å². The van der Waals surface area contributed by atoms with E-state index in [4.69, 9.17) is 32.5 Å². The van der Waals surface area contributed by atoms with Gasteiger partial charge in [-0.2, -0.15) is 0 Å². The Morgan fingerprint density at radius 2 is 1.91 bits per heavy atom. The van der Waals surface area contributed by atoms with Gasteiger partial charge in [-0.3, -0.25) is 0 Å². The second kappa shape index (κ2) is 5.49. The van der Waals surface area contributed by atoms with E-state index < -0.39 is 18.3 Å². The zero-order valence-electron chi connectivity index (χ0n) is 13.0. The van der Waals surface area contributed by atoms with Crippen molar-refractivity contribution < 1.29 is 13.7 Å². The van der Waals surface area contributed by atoms with Crippen LogP contribution in [0.2, 0.25) is 8.67 Å². The topological polar surface area (TPSA) is 18.5 Å². The van der Waals surface area contributed by atoms with Crippen molar-refractivity contribution in [3.05, 3.63) is 32.1 Å². The van der Waals surface area contributed by atoms with Gasteiger partial charge in [0.1, 0.15) is 5.73 Å². The van der Waals surface area contributed by atoms with Gasteiger partial charge in [-0.15, -0.1) is 11.3 Å². The minimum atomic E-state index is -0.923. The molecule has 0 radical (unpaired) electrons. The summed E-state index contributed by atoms with van der Waals surface area (Å²) in [5, 5.41) is 0. The molecule has 0 aromatic carbocycles. The molecule has 1 aliphatic carbocycles. The van der Waals surface area contributed by atoms with Gasteiger partial charge in [-0.25, -0.2) is 4.39 Å². The lowest BCUT2D eigenvalue weighted by Gasteiger charge is -2.32. The Kier molecular flexibility index (Phi) is 4.19. The summed E-state index contributed by atoms with van der Waals surface area (Å²) in [4.78, 5) is 0. The number of hydrogen-bond acceptors (Lipinski definition) is 3. The summed E-state index contributed by atoms with van der Waals surface area (Å²) in [6, 6.07) is 1.87. The van der Waals surface area contributed by atoms with Gasteiger partial charge in [0.15, 0.2) is 0 Å². The highest BCUT2D eigenvalue weighted by atomic mass is 35.5. The van der Waals surface area contributed by atoms with Crippen LogP contribution in [-0.2, 0) is 9.31 Å². The van der Waals surface area contributed by atoms with E-state index in [1.165, 1.54) is 11.3 Å². The van der Waals surface area contributed by atoms with Crippen molar-refractivity contribution >= 4 is 41.7 Å². The first-order valence-corrected chi connectivity index (χ1v) is 8.85. The molecule has 1 aromatic heterocycles. The van der Waals surface area contributed by atoms with E-state index in [1.807, 2.05) is 33.8 Å². The Labute approximate surface area is 144 Å². The molecule has 1 aromatic rings. The Balaban J connectivity index is 1.69. The van der Waals surface area contributed by atoms with Crippen LogP contribution < -0.4 is 0 Å². The lowest BCUT2D eigenvalue weighted by atomic mass is 9.87. The minimum absolute atomic E-state index is 0.127. The molecule has 2 aliphatic rings. The van der Waals surface area contributed by atoms with Gasteiger partial charge in [0.05, 0.1) is 19.9 Å². The fraction of sp³-hybridized carbons (Fsp3) is 0.600. The maximum atomic E-state index is 14.4. The van der Waals surface area contributed by atoms with Gasteiger partial charge in [-0.1, -0.05) is 29.3 Å². The van der Waals surface area contributed by atoms with Crippen molar-refractivity contribution in [2.45, 2.75) is 51.2 Å². The standard InChI is InChI=1S/C15H18BCl2FO2S/c1-14(2)15(3,4)21-16(20-14)11(19)6-8-5-9(8)10-7-12(17)22-13(10)18/h6-9H,5H2,1-4H3. The van der Waals surface area contributed by atoms with Crippen LogP contribution >= 0.6 is 34.5 Å². The number of rotatable bonds is 3. The fourth-order valence-electron chi connectivity index (χ4n) is 2.60. The second-order valence-electron chi connectivity index (χ2n) is 6.93. The van der Waals surface area contributed by atoms with Gasteiger partial charge in [0.25, 0.3) is 0 Å². The number of allylic oxidation sites excluding steroid dienone is 1. The van der Waals surface area contributed by atoms with Crippen LogP contribution in [0.25, 0.3) is 0 Å². The first kappa shape index (κ1) is 16.8. The van der Waals surface area contributed by atoms with E-state index in [-0.39, 0.29) is 17.6 Å². The molecule has 1 aliphatic heterocycles. The molecule has 0 amide bonds. The molecule has 2 fully saturated rings. The highest BCUT2D eigenvalue weighted by molar-refractivity contribution is 7.20. The molecule has 1 saturated carbocycles. The molecule has 7 heteroatoms. The zero-order valence-corrected chi connectivity index (χ0v) is 15.3. The van der Waals surface area contributed by atoms with Gasteiger partial charge in [0.2, 0.25) is 0 Å². The van der Waals surface area contributed by atoms with Gasteiger partial charge < -0.3 is 9.31 Å². The molecule has 3 rings (SSSR count). The molecule has 0 spiro atoms. The number of thiophene rings is 1. The molecule has 2 unspecified atom stereocenters. The van der Waals surface area contributed by atoms with Crippen molar-refractivity contribution in [1.29, 1.82) is 0 Å². The summed E-state index contributed by atoms with van der Waals surface area (Å²) >= 11 is 13.5. The highest BCUT2D eigenvalue weighted by Crippen LogP contribution is 2.53. The molecule has 120 valence electrons. The molecular weight excluding hydrogens is 345 g/mol. The molecule has 0 bridgehead atoms. The van der Waals surface area contributed by atoms with E-state index in [9.17, 15) is 4.39 Å². The normalized spacial score (nSPS) is 30.0. The maximum Gasteiger partial charge on any atom is 0.524 e. The van der Waals surface area contributed by atoms with Crippen molar-refractivity contribution in [2.75, 3.05) is 0 Å². The molecule has 1 saturated heterocycles. The van der Waals surface area contributed by atoms with Gasteiger partial charge in [0, 0.05) is 0 Å². The SMILES string of the molecule is CC1(C)OB(C(F)=CC2CC2c2cc(Cl)sc2Cl)OC1(C)C. The van der Waals surface area contributed by atoms with Crippen LogP contribution in [0.1, 0.15) is 45.6 Å². The fourth-order valence-corrected chi connectivity index (χ4v) is 4.20. The average molecular weight is 363 g/mol. The highest BCUT2D eigenvalue weighted by Gasteiger charge is 2.53. The molecular formula is C15H18BCl2FO2S. The molecule has 2 nitrogen and oxygen atoms in total. The predicted molar refractivity (Wildman–Crippen MR) is 90.5 cm³/mol. The lowest BCUT2D eigenvalue weighted by molar-refractivity contribution is 0.00578. The minimum Gasteiger partial charge on any atom is -0.398 e. The first-order chi connectivity index (χ1) is 10.1. The van der Waals surface area contributed by atoms with Gasteiger partial charge in [-0.05, 0) is 57.6 Å². The van der Waals surface area contributed by atoms with E-state index >= 15 is 0 Å². The smallest absolute Gasteiger partial charge is 0.398 e. The number of halogens is 3. The largest absolute Gasteiger partial charge is 0.524 e. The third-order valence-corrected chi connectivity index (χ3v) is 6.29. The van der Waals surface area contributed by atoms with E-state index in [2.05, 4.69) is 0 Å². The number of hydrogen-bond donors (Lipinski definition) is 0. The first-order valence-electron chi connectivity index (χ1n) is 7.28. The Morgan fingerprint density at radius 1 is 1.32 bits per heavy atom. The van der Waals surface area contributed by atoms with Crippen LogP contribution in [0.3, 0.4) is 0 Å². The monoisotopic (exact) mass is 362 g/mol. The average Bonchev–Trinajstić information content (AvgIpc) is 2.97. The third-order valence-electron chi connectivity index (χ3n) is 4.77. The zero-order chi connectivity index (χ0) is 16.3. The molecule has 0 N–H and O–H groups in total. The summed E-state index contributed by atoms with van der Waals surface area (Å²) in [7, 11) is -0.923. The lowest BCUT2D eigenvalue weighted by Crippen LogP contribution is -2.41. The van der Waals surface area contributed by atoms with Crippen molar-refractivity contribution in [3.63, 3.8) is 0 Å². The second-order valence-corrected chi connectivity index (χ2v) is 9.21. The van der Waals surface area contributed by atoms with Crippen LogP contribution in [0, 0.1) is 5.92 Å². The third kappa shape index (κ3) is 2.98. The summed E-state index contributed by atoms with van der Waals surface area (Å²) in [6.07, 6.45) is 2.48. The van der Waals surface area contributed by atoms with Crippen molar-refractivity contribution in [3.8, 4) is 0 Å². The maximum absolute atomic E-state index is 14.4. The summed E-state index contributed by atoms with van der Waals surface area (Å²) in [5.74, 6) is 0.367. The van der Waals surface area contributed by atoms with Crippen LogP contribution in [0.4, 0.5) is 4.39 Å². The van der Waals surface area contributed by atoms with E-state index in [0.29, 0.717) is 8.67 Å². The Hall–Kier alpha value is -0.0651. The van der Waals surface area contributed by atoms with Crippen LogP contribution in [0.15, 0.2) is 17.9 Å². The molecule has 2 heterocycles. The van der Waals surface area contributed by atoms with E-state index in [0.717, 1.165) is 12.0 Å². The predicted octanol–water partition coefficient (Wildman–Crippen LogP) is 5.64.